The number of aromatic nitrogens is 3. The van der Waals surface area contributed by atoms with Crippen LogP contribution in [0.4, 0.5) is 24.7 Å². The molecule has 0 unspecified atom stereocenters. The fourth-order valence-electron chi connectivity index (χ4n) is 3.40. The minimum Gasteiger partial charge on any atom is -0.497 e. The summed E-state index contributed by atoms with van der Waals surface area (Å²) >= 11 is 0. The maximum absolute atomic E-state index is 13.3. The van der Waals surface area contributed by atoms with Gasteiger partial charge in [-0.3, -0.25) is 9.78 Å². The molecule has 2 heterocycles. The van der Waals surface area contributed by atoms with Crippen LogP contribution in [0.2, 0.25) is 0 Å². The summed E-state index contributed by atoms with van der Waals surface area (Å²) in [6.07, 6.45) is -0.557. The van der Waals surface area contributed by atoms with Crippen molar-refractivity contribution in [3.63, 3.8) is 0 Å². The number of aryl methyl sites for hydroxylation is 1. The van der Waals surface area contributed by atoms with E-state index in [9.17, 15) is 18.0 Å². The van der Waals surface area contributed by atoms with E-state index < -0.39 is 11.7 Å². The summed E-state index contributed by atoms with van der Waals surface area (Å²) in [7, 11) is 1.30. The van der Waals surface area contributed by atoms with Gasteiger partial charge in [-0.25, -0.2) is 4.68 Å². The third-order valence-electron chi connectivity index (χ3n) is 5.28. The molecule has 3 aromatic rings. The first-order valence-corrected chi connectivity index (χ1v) is 11.5. The van der Waals surface area contributed by atoms with Gasteiger partial charge in [-0.1, -0.05) is 13.8 Å². The standard InChI is InChI=1S/C23H24F3N5O2.C2H6/c1-14-7-18(5-6-27-14)31-19(12-22(32)28-13-15-3-4-15)11-21(30-31)29-17-8-16(23(24,25)26)9-20(10-17)33-2;1-2/h5-11,15H,3-4,12-13H2,1-2H3,(H,28,32)(H,29,30);1-2H3. The fourth-order valence-corrected chi connectivity index (χ4v) is 3.40. The van der Waals surface area contributed by atoms with Crippen molar-refractivity contribution in [3.8, 4) is 11.4 Å². The number of carbonyl (C=O) groups excluding carboxylic acids is 1. The lowest BCUT2D eigenvalue weighted by Crippen LogP contribution is -2.27. The molecule has 4 rings (SSSR count). The number of hydrogen-bond acceptors (Lipinski definition) is 5. The van der Waals surface area contributed by atoms with Crippen molar-refractivity contribution >= 4 is 17.4 Å². The molecule has 0 saturated heterocycles. The first-order chi connectivity index (χ1) is 16.7. The molecule has 0 radical (unpaired) electrons. The van der Waals surface area contributed by atoms with Crippen molar-refractivity contribution in [2.45, 2.75) is 46.2 Å². The van der Waals surface area contributed by atoms with Gasteiger partial charge in [0, 0.05) is 36.3 Å². The average Bonchev–Trinajstić information content (AvgIpc) is 3.58. The highest BCUT2D eigenvalue weighted by atomic mass is 19.4. The summed E-state index contributed by atoms with van der Waals surface area (Å²) in [5, 5.41) is 10.3. The van der Waals surface area contributed by atoms with Crippen molar-refractivity contribution in [2.75, 3.05) is 19.0 Å². The number of ether oxygens (including phenoxy) is 1. The number of nitrogens with zero attached hydrogens (tertiary/aromatic N) is 3. The van der Waals surface area contributed by atoms with E-state index in [0.29, 0.717) is 29.7 Å². The molecule has 1 saturated carbocycles. The van der Waals surface area contributed by atoms with Gasteiger partial charge in [-0.05, 0) is 49.9 Å². The Kier molecular flexibility index (Phi) is 8.37. The maximum atomic E-state index is 13.3. The van der Waals surface area contributed by atoms with Crippen LogP contribution >= 0.6 is 0 Å². The van der Waals surface area contributed by atoms with E-state index in [-0.39, 0.29) is 23.8 Å². The van der Waals surface area contributed by atoms with Gasteiger partial charge in [0.1, 0.15) is 5.75 Å². The Labute approximate surface area is 202 Å². The molecule has 1 aromatic carbocycles. The van der Waals surface area contributed by atoms with Gasteiger partial charge in [0.05, 0.1) is 30.5 Å². The average molecular weight is 490 g/mol. The van der Waals surface area contributed by atoms with Gasteiger partial charge in [0.25, 0.3) is 0 Å². The van der Waals surface area contributed by atoms with Crippen LogP contribution in [0, 0.1) is 12.8 Å². The molecule has 7 nitrogen and oxygen atoms in total. The first kappa shape index (κ1) is 26.1. The van der Waals surface area contributed by atoms with E-state index in [2.05, 4.69) is 20.7 Å². The van der Waals surface area contributed by atoms with E-state index in [0.717, 1.165) is 30.7 Å². The van der Waals surface area contributed by atoms with Gasteiger partial charge in [0.15, 0.2) is 5.82 Å². The second-order valence-corrected chi connectivity index (χ2v) is 8.09. The Bertz CT molecular complexity index is 1160. The highest BCUT2D eigenvalue weighted by molar-refractivity contribution is 5.78. The number of amides is 1. The smallest absolute Gasteiger partial charge is 0.416 e. The predicted molar refractivity (Wildman–Crippen MR) is 128 cm³/mol. The van der Waals surface area contributed by atoms with Crippen LogP contribution in [0.5, 0.6) is 5.75 Å². The molecule has 35 heavy (non-hydrogen) atoms. The van der Waals surface area contributed by atoms with E-state index >= 15 is 0 Å². The number of pyridine rings is 1. The monoisotopic (exact) mass is 489 g/mol. The molecular weight excluding hydrogens is 459 g/mol. The number of rotatable bonds is 8. The van der Waals surface area contributed by atoms with E-state index in [1.165, 1.54) is 13.2 Å². The lowest BCUT2D eigenvalue weighted by molar-refractivity contribution is -0.137. The Morgan fingerprint density at radius 2 is 1.91 bits per heavy atom. The lowest BCUT2D eigenvalue weighted by Gasteiger charge is -2.12. The molecule has 0 spiro atoms. The van der Waals surface area contributed by atoms with Crippen LogP contribution in [-0.2, 0) is 17.4 Å². The molecule has 1 aliphatic rings. The third-order valence-corrected chi connectivity index (χ3v) is 5.28. The predicted octanol–water partition coefficient (Wildman–Crippen LogP) is 5.44. The van der Waals surface area contributed by atoms with Crippen molar-refractivity contribution in [2.24, 2.45) is 5.92 Å². The summed E-state index contributed by atoms with van der Waals surface area (Å²) in [4.78, 5) is 16.7. The van der Waals surface area contributed by atoms with Crippen LogP contribution in [0.1, 0.15) is 43.6 Å². The SMILES string of the molecule is CC.COc1cc(Nc2cc(CC(=O)NCC3CC3)n(-c3ccnc(C)c3)n2)cc(C(F)(F)F)c1. The number of benzene rings is 1. The molecule has 10 heteroatoms. The second-order valence-electron chi connectivity index (χ2n) is 8.09. The zero-order valence-corrected chi connectivity index (χ0v) is 20.2. The molecule has 0 atom stereocenters. The van der Waals surface area contributed by atoms with E-state index in [1.807, 2.05) is 26.8 Å². The van der Waals surface area contributed by atoms with Crippen LogP contribution < -0.4 is 15.4 Å². The number of methoxy groups -OCH3 is 1. The Hall–Kier alpha value is -3.56. The Balaban J connectivity index is 0.00000167. The topological polar surface area (TPSA) is 81.1 Å². The Morgan fingerprint density at radius 3 is 2.54 bits per heavy atom. The number of anilines is 2. The Morgan fingerprint density at radius 1 is 1.17 bits per heavy atom. The molecule has 2 N–H and O–H groups in total. The number of hydrogen-bond donors (Lipinski definition) is 2. The van der Waals surface area contributed by atoms with Gasteiger partial charge < -0.3 is 15.4 Å². The molecule has 0 aliphatic heterocycles. The highest BCUT2D eigenvalue weighted by Gasteiger charge is 2.31. The molecule has 1 amide bonds. The molecule has 188 valence electrons. The summed E-state index contributed by atoms with van der Waals surface area (Å²) in [6.45, 7) is 6.49. The number of alkyl halides is 3. The van der Waals surface area contributed by atoms with Crippen molar-refractivity contribution < 1.29 is 22.7 Å². The van der Waals surface area contributed by atoms with Crippen molar-refractivity contribution in [1.82, 2.24) is 20.1 Å². The number of nitrogens with one attached hydrogen (secondary N) is 2. The summed E-state index contributed by atoms with van der Waals surface area (Å²) < 4.78 is 46.4. The van der Waals surface area contributed by atoms with Crippen LogP contribution in [0.25, 0.3) is 5.69 Å². The van der Waals surface area contributed by atoms with Crippen molar-refractivity contribution in [3.05, 3.63) is 59.5 Å². The quantitative estimate of drug-likeness (QED) is 0.440. The zero-order valence-electron chi connectivity index (χ0n) is 20.2. The van der Waals surface area contributed by atoms with Crippen LogP contribution in [-0.4, -0.2) is 34.3 Å². The summed E-state index contributed by atoms with van der Waals surface area (Å²) in [6, 6.07) is 8.59. The van der Waals surface area contributed by atoms with E-state index in [1.54, 1.807) is 23.0 Å². The first-order valence-electron chi connectivity index (χ1n) is 11.5. The molecular formula is C25H30F3N5O2. The van der Waals surface area contributed by atoms with Gasteiger partial charge in [0.2, 0.25) is 5.91 Å². The normalized spacial score (nSPS) is 13.0. The number of carbonyl (C=O) groups is 1. The minimum atomic E-state index is -4.52. The van der Waals surface area contributed by atoms with E-state index in [4.69, 9.17) is 4.74 Å². The van der Waals surface area contributed by atoms with Crippen molar-refractivity contribution in [1.29, 1.82) is 0 Å². The van der Waals surface area contributed by atoms with Gasteiger partial charge in [-0.15, -0.1) is 5.10 Å². The lowest BCUT2D eigenvalue weighted by atomic mass is 10.1. The maximum Gasteiger partial charge on any atom is 0.416 e. The summed E-state index contributed by atoms with van der Waals surface area (Å²) in [5.41, 5.74) is 1.39. The fraction of sp³-hybridized carbons (Fsp3) is 0.400. The largest absolute Gasteiger partial charge is 0.497 e. The zero-order chi connectivity index (χ0) is 25.6. The van der Waals surface area contributed by atoms with Gasteiger partial charge in [-0.2, -0.15) is 13.2 Å². The van der Waals surface area contributed by atoms with Gasteiger partial charge >= 0.3 is 6.18 Å². The minimum absolute atomic E-state index is 0.0659. The van der Waals surface area contributed by atoms with Crippen LogP contribution in [0.3, 0.4) is 0 Å². The molecule has 1 aliphatic carbocycles. The third kappa shape index (κ3) is 7.21. The highest BCUT2D eigenvalue weighted by Crippen LogP contribution is 2.35. The molecule has 0 bridgehead atoms. The second kappa shape index (κ2) is 11.2. The molecule has 2 aromatic heterocycles. The molecule has 1 fully saturated rings. The number of halogens is 3. The summed E-state index contributed by atoms with van der Waals surface area (Å²) in [5.74, 6) is 0.781. The van der Waals surface area contributed by atoms with Crippen LogP contribution in [0.15, 0.2) is 42.6 Å².